The van der Waals surface area contributed by atoms with Crippen LogP contribution >= 0.6 is 11.6 Å². The number of anilines is 1. The second-order valence-electron chi connectivity index (χ2n) is 9.37. The van der Waals surface area contributed by atoms with Gasteiger partial charge in [-0.2, -0.15) is 0 Å². The molecule has 0 radical (unpaired) electrons. The summed E-state index contributed by atoms with van der Waals surface area (Å²) >= 11 is 6.53. The summed E-state index contributed by atoms with van der Waals surface area (Å²) in [5.74, 6) is -0.582. The number of nitrogens with two attached hydrogens (primary N) is 1. The van der Waals surface area contributed by atoms with E-state index >= 15 is 0 Å². The summed E-state index contributed by atoms with van der Waals surface area (Å²) in [5.41, 5.74) is 10.6. The molecule has 5 aromatic rings. The van der Waals surface area contributed by atoms with E-state index < -0.39 is 5.82 Å². The van der Waals surface area contributed by atoms with Gasteiger partial charge in [-0.3, -0.25) is 4.57 Å². The van der Waals surface area contributed by atoms with E-state index in [2.05, 4.69) is 14.9 Å². The van der Waals surface area contributed by atoms with Gasteiger partial charge >= 0.3 is 5.69 Å². The molecule has 6 rings (SSSR count). The number of fused-ring (bicyclic) bond motifs is 1. The number of rotatable bonds is 4. The van der Waals surface area contributed by atoms with Gasteiger partial charge in [-0.15, -0.1) is 0 Å². The summed E-state index contributed by atoms with van der Waals surface area (Å²) in [4.78, 5) is 22.1. The molecule has 0 bridgehead atoms. The fourth-order valence-corrected chi connectivity index (χ4v) is 5.26. The van der Waals surface area contributed by atoms with Crippen molar-refractivity contribution in [3.8, 4) is 33.7 Å². The van der Waals surface area contributed by atoms with E-state index in [1.807, 2.05) is 12.1 Å². The number of halogens is 2. The Bertz CT molecular complexity index is 1720. The molecule has 4 N–H and O–H groups in total. The number of aromatic amines is 1. The van der Waals surface area contributed by atoms with Crippen LogP contribution in [-0.4, -0.2) is 43.3 Å². The largest absolute Gasteiger partial charge is 0.507 e. The first kappa shape index (κ1) is 23.3. The second-order valence-corrected chi connectivity index (χ2v) is 9.77. The number of aryl methyl sites for hydroxylation is 1. The Morgan fingerprint density at radius 2 is 1.89 bits per heavy atom. The molecule has 0 amide bonds. The van der Waals surface area contributed by atoms with Crippen LogP contribution in [0.25, 0.3) is 39.0 Å². The lowest BCUT2D eigenvalue weighted by Crippen LogP contribution is -2.26. The molecule has 0 unspecified atom stereocenters. The molecule has 1 aliphatic heterocycles. The average molecular weight is 519 g/mol. The molecule has 3 aromatic carbocycles. The lowest BCUT2D eigenvalue weighted by Gasteiger charge is -2.20. The Morgan fingerprint density at radius 1 is 1.11 bits per heavy atom. The second kappa shape index (κ2) is 8.79. The Morgan fingerprint density at radius 3 is 2.57 bits per heavy atom. The highest BCUT2D eigenvalue weighted by Gasteiger charge is 2.24. The molecule has 8 nitrogen and oxygen atoms in total. The lowest BCUT2D eigenvalue weighted by atomic mass is 9.96. The van der Waals surface area contributed by atoms with Crippen molar-refractivity contribution < 1.29 is 9.50 Å². The van der Waals surface area contributed by atoms with Gasteiger partial charge in [0, 0.05) is 49.7 Å². The molecule has 0 spiro atoms. The van der Waals surface area contributed by atoms with Crippen LogP contribution in [0.2, 0.25) is 5.02 Å². The zero-order valence-electron chi connectivity index (χ0n) is 19.9. The number of hydrogen-bond donors (Lipinski definition) is 3. The molecule has 2 aromatic heterocycles. The van der Waals surface area contributed by atoms with Crippen LogP contribution in [0.4, 0.5) is 10.1 Å². The quantitative estimate of drug-likeness (QED) is 0.326. The van der Waals surface area contributed by atoms with E-state index in [1.165, 1.54) is 21.3 Å². The molecule has 3 heterocycles. The number of nitrogens with zero attached hydrogens (tertiary/aromatic N) is 4. The van der Waals surface area contributed by atoms with E-state index in [1.54, 1.807) is 44.0 Å². The first-order valence-electron chi connectivity index (χ1n) is 11.8. The number of phenols is 1. The molecule has 1 atom stereocenters. The molecular weight excluding hydrogens is 495 g/mol. The maximum absolute atomic E-state index is 14.9. The standard InChI is InChI=1S/C27H24ClFN6O2/c1-33-6-7-35(27(33)37)23-3-2-15(8-21(23)28)19-11-17(29)12-20(26(19)36)16-9-22-25(32-14-31-22)24(10-16)34-5-4-18(30)13-34/h2-3,6-12,14,18,36H,4-5,13,30H2,1H3,(H,31,32)/t18-/m1/s1. The van der Waals surface area contributed by atoms with Gasteiger partial charge in [-0.1, -0.05) is 17.7 Å². The third-order valence-corrected chi connectivity index (χ3v) is 7.22. The number of aromatic hydroxyl groups is 1. The first-order chi connectivity index (χ1) is 17.8. The minimum atomic E-state index is -0.503. The van der Waals surface area contributed by atoms with Crippen molar-refractivity contribution >= 4 is 28.3 Å². The van der Waals surface area contributed by atoms with Crippen LogP contribution in [0.3, 0.4) is 0 Å². The number of phenolic OH excluding ortho intramolecular Hbond substituents is 1. The number of imidazole rings is 2. The molecule has 0 aliphatic carbocycles. The fourth-order valence-electron chi connectivity index (χ4n) is 4.99. The number of nitrogens with one attached hydrogen (secondary N) is 1. The van der Waals surface area contributed by atoms with E-state index in [9.17, 15) is 14.3 Å². The Labute approximate surface area is 216 Å². The van der Waals surface area contributed by atoms with Gasteiger partial charge in [-0.25, -0.2) is 14.2 Å². The fraction of sp³-hybridized carbons (Fsp3) is 0.185. The molecule has 10 heteroatoms. The third-order valence-electron chi connectivity index (χ3n) is 6.92. The van der Waals surface area contributed by atoms with Gasteiger partial charge in [0.25, 0.3) is 0 Å². The van der Waals surface area contributed by atoms with Gasteiger partial charge in [0.05, 0.1) is 28.2 Å². The van der Waals surface area contributed by atoms with Crippen LogP contribution in [0, 0.1) is 5.82 Å². The van der Waals surface area contributed by atoms with Crippen molar-refractivity contribution in [3.05, 3.63) is 82.5 Å². The first-order valence-corrected chi connectivity index (χ1v) is 12.2. The zero-order chi connectivity index (χ0) is 25.8. The minimum absolute atomic E-state index is 0.0753. The average Bonchev–Trinajstić information content (AvgIpc) is 3.61. The number of aromatic nitrogens is 4. The predicted octanol–water partition coefficient (Wildman–Crippen LogP) is 4.42. The summed E-state index contributed by atoms with van der Waals surface area (Å²) in [6, 6.07) is 11.4. The molecule has 1 saturated heterocycles. The summed E-state index contributed by atoms with van der Waals surface area (Å²) in [6.07, 6.45) is 5.75. The third kappa shape index (κ3) is 3.96. The number of benzene rings is 3. The molecule has 0 saturated carbocycles. The maximum Gasteiger partial charge on any atom is 0.332 e. The van der Waals surface area contributed by atoms with E-state index in [-0.39, 0.29) is 17.5 Å². The predicted molar refractivity (Wildman–Crippen MR) is 143 cm³/mol. The Balaban J connectivity index is 1.46. The molecule has 1 fully saturated rings. The minimum Gasteiger partial charge on any atom is -0.507 e. The van der Waals surface area contributed by atoms with Crippen LogP contribution in [0.5, 0.6) is 5.75 Å². The number of H-pyrrole nitrogens is 1. The van der Waals surface area contributed by atoms with Crippen molar-refractivity contribution in [1.29, 1.82) is 0 Å². The Kier molecular flexibility index (Phi) is 5.54. The van der Waals surface area contributed by atoms with Gasteiger partial charge in [0.1, 0.15) is 17.1 Å². The Hall–Kier alpha value is -4.08. The van der Waals surface area contributed by atoms with Crippen molar-refractivity contribution in [1.82, 2.24) is 19.1 Å². The van der Waals surface area contributed by atoms with E-state index in [4.69, 9.17) is 17.3 Å². The summed E-state index contributed by atoms with van der Waals surface area (Å²) in [6.45, 7) is 1.49. The van der Waals surface area contributed by atoms with Gasteiger partial charge in [-0.05, 0) is 53.9 Å². The smallest absolute Gasteiger partial charge is 0.332 e. The summed E-state index contributed by atoms with van der Waals surface area (Å²) < 4.78 is 17.8. The van der Waals surface area contributed by atoms with Crippen LogP contribution in [0.15, 0.2) is 66.0 Å². The van der Waals surface area contributed by atoms with Crippen molar-refractivity contribution in [2.75, 3.05) is 18.0 Å². The van der Waals surface area contributed by atoms with Crippen molar-refractivity contribution in [3.63, 3.8) is 0 Å². The monoisotopic (exact) mass is 518 g/mol. The summed E-state index contributed by atoms with van der Waals surface area (Å²) in [7, 11) is 1.65. The topological polar surface area (TPSA) is 105 Å². The normalized spacial score (nSPS) is 15.7. The van der Waals surface area contributed by atoms with Crippen molar-refractivity contribution in [2.45, 2.75) is 12.5 Å². The van der Waals surface area contributed by atoms with Gasteiger partial charge in [0.2, 0.25) is 0 Å². The molecule has 1 aliphatic rings. The summed E-state index contributed by atoms with van der Waals surface area (Å²) in [5, 5.41) is 11.6. The van der Waals surface area contributed by atoms with E-state index in [0.29, 0.717) is 39.5 Å². The van der Waals surface area contributed by atoms with Gasteiger partial charge < -0.3 is 25.3 Å². The maximum atomic E-state index is 14.9. The zero-order valence-corrected chi connectivity index (χ0v) is 20.7. The van der Waals surface area contributed by atoms with Crippen LogP contribution < -0.4 is 16.3 Å². The van der Waals surface area contributed by atoms with Gasteiger partial charge in [0.15, 0.2) is 0 Å². The molecule has 188 valence electrons. The molecular formula is C27H24ClFN6O2. The van der Waals surface area contributed by atoms with Crippen LogP contribution in [0.1, 0.15) is 6.42 Å². The SMILES string of the molecule is Cn1ccn(-c2ccc(-c3cc(F)cc(-c4cc(N5CC[C@@H](N)C5)c5nc[nH]c5c4)c3O)cc2Cl)c1=O. The van der Waals surface area contributed by atoms with E-state index in [0.717, 1.165) is 29.7 Å². The highest BCUT2D eigenvalue weighted by atomic mass is 35.5. The highest BCUT2D eigenvalue weighted by Crippen LogP contribution is 2.42. The van der Waals surface area contributed by atoms with Crippen molar-refractivity contribution in [2.24, 2.45) is 12.8 Å². The van der Waals surface area contributed by atoms with Crippen LogP contribution in [-0.2, 0) is 7.05 Å². The lowest BCUT2D eigenvalue weighted by molar-refractivity contribution is 0.477. The highest BCUT2D eigenvalue weighted by molar-refractivity contribution is 6.32. The number of hydrogen-bond acceptors (Lipinski definition) is 5. The molecule has 37 heavy (non-hydrogen) atoms.